The molecule has 0 N–H and O–H groups in total. The highest BCUT2D eigenvalue weighted by atomic mass is 35.5. The van der Waals surface area contributed by atoms with Crippen LogP contribution >= 0.6 is 34.9 Å². The molecule has 0 aromatic carbocycles. The fraction of sp³-hybridized carbons (Fsp3) is 0.500. The minimum Gasteiger partial charge on any atom is -0.225 e. The summed E-state index contributed by atoms with van der Waals surface area (Å²) in [7, 11) is 0. The van der Waals surface area contributed by atoms with Crippen molar-refractivity contribution >= 4 is 34.9 Å². The molecule has 0 fully saturated rings. The summed E-state index contributed by atoms with van der Waals surface area (Å²) in [5.41, 5.74) is -0.129. The van der Waals surface area contributed by atoms with Crippen LogP contribution in [0.25, 0.3) is 0 Å². The minimum atomic E-state index is -0.129. The first-order valence-corrected chi connectivity index (χ1v) is 7.91. The Labute approximate surface area is 126 Å². The van der Waals surface area contributed by atoms with Gasteiger partial charge >= 0.3 is 0 Å². The van der Waals surface area contributed by atoms with E-state index in [-0.39, 0.29) is 5.41 Å². The number of hydrogen-bond donors (Lipinski definition) is 0. The first-order valence-electron chi connectivity index (χ1n) is 5.94. The van der Waals surface area contributed by atoms with Gasteiger partial charge in [-0.05, 0) is 23.3 Å². The maximum atomic E-state index is 6.06. The van der Waals surface area contributed by atoms with Crippen LogP contribution in [-0.2, 0) is 11.8 Å². The highest BCUT2D eigenvalue weighted by Gasteiger charge is 2.19. The van der Waals surface area contributed by atoms with Crippen LogP contribution in [0.1, 0.15) is 39.3 Å². The van der Waals surface area contributed by atoms with E-state index in [4.69, 9.17) is 11.6 Å². The Kier molecular flexibility index (Phi) is 4.43. The van der Waals surface area contributed by atoms with E-state index in [9.17, 15) is 0 Å². The second-order valence-corrected chi connectivity index (χ2v) is 7.44. The molecule has 0 aliphatic rings. The molecule has 0 radical (unpaired) electrons. The van der Waals surface area contributed by atoms with Crippen molar-refractivity contribution in [3.8, 4) is 0 Å². The SMILES string of the molecule is CCc1nsc(Sc2cc(Cl)nc(C(C)(C)C)n2)n1. The van der Waals surface area contributed by atoms with Crippen LogP contribution in [0.3, 0.4) is 0 Å². The first kappa shape index (κ1) is 14.7. The number of rotatable bonds is 3. The van der Waals surface area contributed by atoms with Crippen LogP contribution in [0.5, 0.6) is 0 Å². The van der Waals surface area contributed by atoms with Gasteiger partial charge in [0.1, 0.15) is 21.8 Å². The molecule has 2 aromatic rings. The predicted octanol–water partition coefficient (Wildman–Crippen LogP) is 3.99. The molecule has 4 nitrogen and oxygen atoms in total. The maximum Gasteiger partial charge on any atom is 0.176 e. The second kappa shape index (κ2) is 5.73. The highest BCUT2D eigenvalue weighted by molar-refractivity contribution is 8.00. The lowest BCUT2D eigenvalue weighted by Crippen LogP contribution is -2.16. The molecule has 0 atom stereocenters. The molecule has 2 rings (SSSR count). The molecule has 19 heavy (non-hydrogen) atoms. The molecular weight excluding hydrogens is 300 g/mol. The monoisotopic (exact) mass is 314 g/mol. The summed E-state index contributed by atoms with van der Waals surface area (Å²) in [5, 5.41) is 1.27. The number of nitrogens with zero attached hydrogens (tertiary/aromatic N) is 4. The summed E-state index contributed by atoms with van der Waals surface area (Å²) >= 11 is 8.92. The zero-order chi connectivity index (χ0) is 14.0. The number of aryl methyl sites for hydroxylation is 1. The van der Waals surface area contributed by atoms with Gasteiger partial charge in [0.25, 0.3) is 0 Å². The van der Waals surface area contributed by atoms with E-state index in [2.05, 4.69) is 40.1 Å². The quantitative estimate of drug-likeness (QED) is 0.802. The Balaban J connectivity index is 2.27. The van der Waals surface area contributed by atoms with Gasteiger partial charge in [0.2, 0.25) is 0 Å². The van der Waals surface area contributed by atoms with E-state index in [1.807, 2.05) is 6.92 Å². The smallest absolute Gasteiger partial charge is 0.176 e. The van der Waals surface area contributed by atoms with Crippen LogP contribution < -0.4 is 0 Å². The molecule has 7 heteroatoms. The lowest BCUT2D eigenvalue weighted by molar-refractivity contribution is 0.538. The zero-order valence-corrected chi connectivity index (χ0v) is 13.7. The Bertz CT molecular complexity index is 577. The van der Waals surface area contributed by atoms with Crippen molar-refractivity contribution in [2.75, 3.05) is 0 Å². The number of halogens is 1. The predicted molar refractivity (Wildman–Crippen MR) is 79.2 cm³/mol. The van der Waals surface area contributed by atoms with Gasteiger partial charge < -0.3 is 0 Å². The van der Waals surface area contributed by atoms with E-state index >= 15 is 0 Å². The van der Waals surface area contributed by atoms with Crippen LogP contribution in [0.4, 0.5) is 0 Å². The summed E-state index contributed by atoms with van der Waals surface area (Å²) in [5.74, 6) is 1.60. The van der Waals surface area contributed by atoms with Gasteiger partial charge in [-0.25, -0.2) is 15.0 Å². The van der Waals surface area contributed by atoms with Crippen LogP contribution in [0, 0.1) is 0 Å². The van der Waals surface area contributed by atoms with Crippen molar-refractivity contribution in [3.63, 3.8) is 0 Å². The molecule has 0 amide bonds. The van der Waals surface area contributed by atoms with Crippen LogP contribution in [0.15, 0.2) is 15.4 Å². The van der Waals surface area contributed by atoms with Gasteiger partial charge in [-0.3, -0.25) is 0 Å². The molecule has 0 unspecified atom stereocenters. The molecular formula is C12H15ClN4S2. The van der Waals surface area contributed by atoms with E-state index in [0.717, 1.165) is 27.4 Å². The van der Waals surface area contributed by atoms with Crippen molar-refractivity contribution in [2.24, 2.45) is 0 Å². The molecule has 0 aliphatic heterocycles. The van der Waals surface area contributed by atoms with Crippen molar-refractivity contribution in [1.82, 2.24) is 19.3 Å². The fourth-order valence-electron chi connectivity index (χ4n) is 1.30. The van der Waals surface area contributed by atoms with Gasteiger partial charge in [-0.2, -0.15) is 4.37 Å². The average molecular weight is 315 g/mol. The second-order valence-electron chi connectivity index (χ2n) is 5.03. The van der Waals surface area contributed by atoms with Crippen LogP contribution in [-0.4, -0.2) is 19.3 Å². The fourth-order valence-corrected chi connectivity index (χ4v) is 3.19. The minimum absolute atomic E-state index is 0.129. The summed E-state index contributed by atoms with van der Waals surface area (Å²) in [4.78, 5) is 13.2. The van der Waals surface area contributed by atoms with Crippen molar-refractivity contribution < 1.29 is 0 Å². The molecule has 0 aliphatic carbocycles. The van der Waals surface area contributed by atoms with E-state index in [0.29, 0.717) is 5.15 Å². The van der Waals surface area contributed by atoms with E-state index in [1.165, 1.54) is 23.3 Å². The standard InChI is InChI=1S/C12H15ClN4S2/c1-5-8-15-11(19-17-8)18-9-6-7(13)14-10(16-9)12(2,3)4/h6H,5H2,1-4H3. The van der Waals surface area contributed by atoms with E-state index in [1.54, 1.807) is 6.07 Å². The molecule has 0 saturated heterocycles. The zero-order valence-electron chi connectivity index (χ0n) is 11.3. The summed E-state index contributed by atoms with van der Waals surface area (Å²) in [6.07, 6.45) is 0.842. The molecule has 2 aromatic heterocycles. The summed E-state index contributed by atoms with van der Waals surface area (Å²) < 4.78 is 5.14. The largest absolute Gasteiger partial charge is 0.225 e. The van der Waals surface area contributed by atoms with E-state index < -0.39 is 0 Å². The first-order chi connectivity index (χ1) is 8.88. The van der Waals surface area contributed by atoms with Crippen LogP contribution in [0.2, 0.25) is 5.15 Å². The van der Waals surface area contributed by atoms with Crippen molar-refractivity contribution in [2.45, 2.75) is 48.9 Å². The molecule has 102 valence electrons. The highest BCUT2D eigenvalue weighted by Crippen LogP contribution is 2.30. The Morgan fingerprint density at radius 2 is 2.00 bits per heavy atom. The van der Waals surface area contributed by atoms with Gasteiger partial charge in [-0.1, -0.05) is 39.3 Å². The molecule has 0 bridgehead atoms. The third-order valence-electron chi connectivity index (χ3n) is 2.30. The summed E-state index contributed by atoms with van der Waals surface area (Å²) in [6.45, 7) is 8.23. The normalized spacial score (nSPS) is 11.8. The Morgan fingerprint density at radius 1 is 1.26 bits per heavy atom. The molecule has 0 saturated carbocycles. The average Bonchev–Trinajstić information content (AvgIpc) is 2.75. The molecule has 2 heterocycles. The number of aromatic nitrogens is 4. The maximum absolute atomic E-state index is 6.06. The Hall–Kier alpha value is -0.720. The lowest BCUT2D eigenvalue weighted by atomic mass is 9.96. The lowest BCUT2D eigenvalue weighted by Gasteiger charge is -2.16. The third-order valence-corrected chi connectivity index (χ3v) is 4.20. The molecule has 0 spiro atoms. The van der Waals surface area contributed by atoms with Gasteiger partial charge in [0.05, 0.1) is 0 Å². The summed E-state index contributed by atoms with van der Waals surface area (Å²) in [6, 6.07) is 1.76. The number of hydrogen-bond acceptors (Lipinski definition) is 6. The van der Waals surface area contributed by atoms with Gasteiger partial charge in [-0.15, -0.1) is 0 Å². The topological polar surface area (TPSA) is 51.6 Å². The van der Waals surface area contributed by atoms with Gasteiger partial charge in [0.15, 0.2) is 4.34 Å². The third kappa shape index (κ3) is 3.87. The van der Waals surface area contributed by atoms with Gasteiger partial charge in [0, 0.05) is 17.9 Å². The Morgan fingerprint density at radius 3 is 2.58 bits per heavy atom. The van der Waals surface area contributed by atoms with Crippen molar-refractivity contribution in [3.05, 3.63) is 22.9 Å². The van der Waals surface area contributed by atoms with Crippen molar-refractivity contribution in [1.29, 1.82) is 0 Å².